The molecule has 5 heteroatoms. The molecular weight excluding hydrogens is 557 g/mol. The van der Waals surface area contributed by atoms with Crippen molar-refractivity contribution in [2.75, 3.05) is 0 Å². The zero-order chi connectivity index (χ0) is 39.5. The SMILES string of the molecule is [2H]c1c([2H])c([2H])c(-n2c3c([2H])c([2H])c([2H])c([2H])c3c3c([2H])c([2H])c(-c4nc(-c5ccccc5)nc(-c5cccc6sc7ccccc7c56)n4)c([2H])c32)c([2H])c1[2H]. The summed E-state index contributed by atoms with van der Waals surface area (Å²) in [6, 6.07) is 15.1. The zero-order valence-electron chi connectivity index (χ0n) is 34.6. The van der Waals surface area contributed by atoms with Gasteiger partial charge in [0, 0.05) is 53.3 Å². The molecule has 206 valence electrons. The van der Waals surface area contributed by atoms with Crippen molar-refractivity contribution in [2.45, 2.75) is 0 Å². The summed E-state index contributed by atoms with van der Waals surface area (Å²) >= 11 is 1.61. The Hall–Kier alpha value is -5.65. The van der Waals surface area contributed by atoms with Gasteiger partial charge in [-0.15, -0.1) is 11.3 Å². The molecule has 0 saturated heterocycles. The van der Waals surface area contributed by atoms with E-state index in [1.54, 1.807) is 23.5 Å². The van der Waals surface area contributed by atoms with E-state index in [2.05, 4.69) is 0 Å². The first-order chi connectivity index (χ1) is 26.8. The summed E-state index contributed by atoms with van der Waals surface area (Å²) in [5, 5.41) is 1.40. The summed E-state index contributed by atoms with van der Waals surface area (Å²) in [6.45, 7) is 0. The summed E-state index contributed by atoms with van der Waals surface area (Å²) < 4.78 is 109. The molecule has 0 bridgehead atoms. The fourth-order valence-corrected chi connectivity index (χ4v) is 6.62. The summed E-state index contributed by atoms with van der Waals surface area (Å²) in [7, 11) is 0. The Morgan fingerprint density at radius 1 is 0.523 bits per heavy atom. The fourth-order valence-electron chi connectivity index (χ4n) is 5.49. The van der Waals surface area contributed by atoms with Crippen LogP contribution < -0.4 is 0 Å². The summed E-state index contributed by atoms with van der Waals surface area (Å²) in [6.07, 6.45) is 0. The van der Waals surface area contributed by atoms with Crippen molar-refractivity contribution < 1.29 is 16.4 Å². The minimum atomic E-state index is -0.712. The Labute approximate surface area is 274 Å². The van der Waals surface area contributed by atoms with Crippen LogP contribution in [0.15, 0.2) is 145 Å². The predicted octanol–water partition coefficient (Wildman–Crippen LogP) is 10.3. The number of fused-ring (bicyclic) bond motifs is 6. The average molecular weight is 593 g/mol. The quantitative estimate of drug-likeness (QED) is 0.204. The second kappa shape index (κ2) is 9.97. The van der Waals surface area contributed by atoms with Crippen LogP contribution >= 0.6 is 11.3 Å². The highest BCUT2D eigenvalue weighted by Crippen LogP contribution is 2.40. The van der Waals surface area contributed by atoms with E-state index >= 15 is 0 Å². The normalized spacial score (nSPS) is 15.5. The van der Waals surface area contributed by atoms with Crippen molar-refractivity contribution in [3.05, 3.63) is 145 Å². The van der Waals surface area contributed by atoms with Gasteiger partial charge >= 0.3 is 0 Å². The molecule has 3 heterocycles. The standard InChI is InChI=1S/C39H24N4S/c1-3-12-25(13-4-1)37-40-38(42-39(41-37)31-18-11-21-35-36(31)30-17-8-10-20-34(30)44-35)26-22-23-29-28-16-7-9-19-32(28)43(33(29)24-26)27-14-5-2-6-15-27/h1-24H/i2D,5D,6D,7D,9D,14D,15D,16D,19D,22D,23D,24D. The highest BCUT2D eigenvalue weighted by Gasteiger charge is 2.18. The summed E-state index contributed by atoms with van der Waals surface area (Å²) in [4.78, 5) is 14.5. The van der Waals surface area contributed by atoms with Crippen LogP contribution in [0.1, 0.15) is 16.4 Å². The van der Waals surface area contributed by atoms with Gasteiger partial charge in [0.25, 0.3) is 0 Å². The van der Waals surface area contributed by atoms with E-state index < -0.39 is 78.2 Å². The van der Waals surface area contributed by atoms with Gasteiger partial charge in [-0.1, -0.05) is 109 Å². The van der Waals surface area contributed by atoms with Gasteiger partial charge in [-0.25, -0.2) is 15.0 Å². The van der Waals surface area contributed by atoms with E-state index in [9.17, 15) is 4.11 Å². The minimum Gasteiger partial charge on any atom is -0.309 e. The van der Waals surface area contributed by atoms with E-state index in [4.69, 9.17) is 27.3 Å². The Balaban J connectivity index is 1.46. The highest BCUT2D eigenvalue weighted by atomic mass is 32.1. The van der Waals surface area contributed by atoms with E-state index in [0.717, 1.165) is 24.7 Å². The third-order valence-corrected chi connectivity index (χ3v) is 8.54. The minimum absolute atomic E-state index is 0.159. The molecule has 6 aromatic carbocycles. The maximum Gasteiger partial charge on any atom is 0.164 e. The molecular formula is C39H24N4S. The van der Waals surface area contributed by atoms with Crippen LogP contribution in [0.4, 0.5) is 0 Å². The van der Waals surface area contributed by atoms with Crippen LogP contribution in [0, 0.1) is 0 Å². The number of hydrogen-bond acceptors (Lipinski definition) is 4. The molecule has 44 heavy (non-hydrogen) atoms. The molecule has 0 N–H and O–H groups in total. The molecule has 0 atom stereocenters. The van der Waals surface area contributed by atoms with Gasteiger partial charge in [-0.05, 0) is 36.3 Å². The first-order valence-electron chi connectivity index (χ1n) is 19.7. The number of nitrogens with zero attached hydrogens (tertiary/aromatic N) is 4. The number of aromatic nitrogens is 4. The van der Waals surface area contributed by atoms with Gasteiger partial charge in [0.2, 0.25) is 0 Å². The fraction of sp³-hybridized carbons (Fsp3) is 0. The number of para-hydroxylation sites is 2. The average Bonchev–Trinajstić information content (AvgIpc) is 3.77. The van der Waals surface area contributed by atoms with Crippen molar-refractivity contribution >= 4 is 53.3 Å². The molecule has 0 aliphatic rings. The van der Waals surface area contributed by atoms with Crippen molar-refractivity contribution in [3.8, 4) is 39.9 Å². The van der Waals surface area contributed by atoms with Crippen molar-refractivity contribution in [1.82, 2.24) is 19.5 Å². The number of thiophene rings is 1. The van der Waals surface area contributed by atoms with E-state index in [0.29, 0.717) is 11.1 Å². The molecule has 0 aliphatic carbocycles. The number of benzene rings is 6. The Morgan fingerprint density at radius 2 is 1.23 bits per heavy atom. The van der Waals surface area contributed by atoms with Gasteiger partial charge in [0.05, 0.1) is 27.5 Å². The van der Waals surface area contributed by atoms with Gasteiger partial charge in [-0.3, -0.25) is 0 Å². The number of hydrogen-bond donors (Lipinski definition) is 0. The van der Waals surface area contributed by atoms with Gasteiger partial charge in [0.1, 0.15) is 0 Å². The molecule has 0 spiro atoms. The zero-order valence-corrected chi connectivity index (χ0v) is 23.4. The maximum atomic E-state index is 9.75. The predicted molar refractivity (Wildman–Crippen MR) is 183 cm³/mol. The third kappa shape index (κ3) is 3.94. The maximum absolute atomic E-state index is 9.75. The Bertz CT molecular complexity index is 3150. The molecule has 9 rings (SSSR count). The molecule has 0 fully saturated rings. The largest absolute Gasteiger partial charge is 0.309 e. The second-order valence-electron chi connectivity index (χ2n) is 9.96. The van der Waals surface area contributed by atoms with E-state index in [-0.39, 0.29) is 44.8 Å². The monoisotopic (exact) mass is 592 g/mol. The summed E-state index contributed by atoms with van der Waals surface area (Å²) in [5.41, 5.74) is -0.0897. The first kappa shape index (κ1) is 15.7. The lowest BCUT2D eigenvalue weighted by Gasteiger charge is -2.11. The van der Waals surface area contributed by atoms with Crippen LogP contribution in [0.3, 0.4) is 0 Å². The summed E-state index contributed by atoms with van der Waals surface area (Å²) in [5.74, 6) is 0.269. The van der Waals surface area contributed by atoms with Crippen LogP contribution in [0.5, 0.6) is 0 Å². The molecule has 0 unspecified atom stereocenters. The van der Waals surface area contributed by atoms with Crippen molar-refractivity contribution in [3.63, 3.8) is 0 Å². The van der Waals surface area contributed by atoms with Gasteiger partial charge in [0.15, 0.2) is 17.5 Å². The van der Waals surface area contributed by atoms with Crippen LogP contribution in [0.25, 0.3) is 81.8 Å². The first-order valence-corrected chi connectivity index (χ1v) is 14.5. The Morgan fingerprint density at radius 3 is 2.11 bits per heavy atom. The molecule has 0 radical (unpaired) electrons. The lowest BCUT2D eigenvalue weighted by atomic mass is 10.1. The Kier molecular flexibility index (Phi) is 3.56. The lowest BCUT2D eigenvalue weighted by molar-refractivity contribution is 1.08. The smallest absolute Gasteiger partial charge is 0.164 e. The van der Waals surface area contributed by atoms with Crippen molar-refractivity contribution in [2.24, 2.45) is 0 Å². The topological polar surface area (TPSA) is 43.6 Å². The second-order valence-corrected chi connectivity index (χ2v) is 11.0. The van der Waals surface area contributed by atoms with Crippen LogP contribution in [-0.4, -0.2) is 19.5 Å². The lowest BCUT2D eigenvalue weighted by Crippen LogP contribution is -2.00. The van der Waals surface area contributed by atoms with Crippen LogP contribution in [0.2, 0.25) is 0 Å². The highest BCUT2D eigenvalue weighted by molar-refractivity contribution is 7.25. The molecule has 0 aliphatic heterocycles. The van der Waals surface area contributed by atoms with Gasteiger partial charge in [-0.2, -0.15) is 0 Å². The molecule has 9 aromatic rings. The molecule has 0 saturated carbocycles. The molecule has 4 nitrogen and oxygen atoms in total. The van der Waals surface area contributed by atoms with Crippen LogP contribution in [-0.2, 0) is 0 Å². The van der Waals surface area contributed by atoms with Crippen molar-refractivity contribution in [1.29, 1.82) is 0 Å². The third-order valence-electron chi connectivity index (χ3n) is 7.40. The van der Waals surface area contributed by atoms with E-state index in [1.807, 2.05) is 60.7 Å². The van der Waals surface area contributed by atoms with Gasteiger partial charge < -0.3 is 4.57 Å². The molecule has 0 amide bonds. The van der Waals surface area contributed by atoms with E-state index in [1.165, 1.54) is 0 Å². The molecule has 3 aromatic heterocycles. The number of rotatable bonds is 4.